The van der Waals surface area contributed by atoms with E-state index in [0.29, 0.717) is 23.9 Å². The first-order valence-corrected chi connectivity index (χ1v) is 7.10. The summed E-state index contributed by atoms with van der Waals surface area (Å²) in [7, 11) is 0. The molecule has 0 amide bonds. The lowest BCUT2D eigenvalue weighted by molar-refractivity contribution is 0.291. The summed E-state index contributed by atoms with van der Waals surface area (Å²) in [5, 5.41) is 0.601. The Morgan fingerprint density at radius 1 is 1.14 bits per heavy atom. The molecule has 0 radical (unpaired) electrons. The first-order chi connectivity index (χ1) is 10.3. The number of hydrogen-bond donors (Lipinski definition) is 0. The number of halogens is 1. The van der Waals surface area contributed by atoms with Gasteiger partial charge in [0.1, 0.15) is 18.2 Å². The largest absolute Gasteiger partial charge is 0.484 e. The van der Waals surface area contributed by atoms with Gasteiger partial charge in [-0.05, 0) is 24.3 Å². The topological polar surface area (TPSA) is 27.1 Å². The van der Waals surface area contributed by atoms with Crippen LogP contribution in [-0.2, 0) is 13.2 Å². The third-order valence-electron chi connectivity index (χ3n) is 3.24. The number of aromatic nitrogens is 2. The van der Waals surface area contributed by atoms with Crippen molar-refractivity contribution in [2.75, 3.05) is 0 Å². The second kappa shape index (κ2) is 6.02. The lowest BCUT2D eigenvalue weighted by Crippen LogP contribution is -2.06. The number of hydrogen-bond acceptors (Lipinski definition) is 2. The smallest absolute Gasteiger partial charge is 0.148 e. The fraction of sp³-hybridized carbons (Fsp3) is 0.118. The summed E-state index contributed by atoms with van der Waals surface area (Å²) in [5.74, 6) is 1.52. The van der Waals surface area contributed by atoms with Crippen molar-refractivity contribution in [2.24, 2.45) is 0 Å². The van der Waals surface area contributed by atoms with E-state index < -0.39 is 0 Å². The highest BCUT2D eigenvalue weighted by molar-refractivity contribution is 6.32. The van der Waals surface area contributed by atoms with Crippen LogP contribution in [0.4, 0.5) is 0 Å². The SMILES string of the molecule is C=CCn1c(COc2ccccc2Cl)nc2ccccc21. The fourth-order valence-electron chi connectivity index (χ4n) is 2.27. The van der Waals surface area contributed by atoms with Crippen LogP contribution >= 0.6 is 11.6 Å². The van der Waals surface area contributed by atoms with Gasteiger partial charge in [0.15, 0.2) is 0 Å². The molecule has 0 unspecified atom stereocenters. The first kappa shape index (κ1) is 13.7. The molecule has 1 aromatic heterocycles. The highest BCUT2D eigenvalue weighted by Gasteiger charge is 2.10. The monoisotopic (exact) mass is 298 g/mol. The van der Waals surface area contributed by atoms with Crippen LogP contribution in [0.1, 0.15) is 5.82 Å². The molecule has 2 aromatic carbocycles. The minimum atomic E-state index is 0.367. The number of allylic oxidation sites excluding steroid dienone is 1. The molecule has 3 nitrogen and oxygen atoms in total. The quantitative estimate of drug-likeness (QED) is 0.651. The zero-order valence-corrected chi connectivity index (χ0v) is 12.3. The molecule has 0 saturated carbocycles. The molecule has 0 bridgehead atoms. The lowest BCUT2D eigenvalue weighted by atomic mass is 10.3. The molecule has 0 spiro atoms. The molecule has 3 aromatic rings. The van der Waals surface area contributed by atoms with Gasteiger partial charge in [-0.3, -0.25) is 0 Å². The molecular formula is C17H15ClN2O. The summed E-state index contributed by atoms with van der Waals surface area (Å²) in [4.78, 5) is 4.62. The zero-order valence-electron chi connectivity index (χ0n) is 11.5. The average Bonchev–Trinajstić information content (AvgIpc) is 2.85. The third kappa shape index (κ3) is 2.78. The minimum absolute atomic E-state index is 0.367. The first-order valence-electron chi connectivity index (χ1n) is 6.72. The summed E-state index contributed by atoms with van der Waals surface area (Å²) in [6, 6.07) is 15.5. The van der Waals surface area contributed by atoms with Gasteiger partial charge in [0, 0.05) is 6.54 Å². The van der Waals surface area contributed by atoms with Gasteiger partial charge in [-0.2, -0.15) is 0 Å². The van der Waals surface area contributed by atoms with Gasteiger partial charge in [-0.25, -0.2) is 4.98 Å². The van der Waals surface area contributed by atoms with E-state index >= 15 is 0 Å². The highest BCUT2D eigenvalue weighted by Crippen LogP contribution is 2.24. The Morgan fingerprint density at radius 3 is 2.71 bits per heavy atom. The predicted molar refractivity (Wildman–Crippen MR) is 85.7 cm³/mol. The number of imidazole rings is 1. The zero-order chi connectivity index (χ0) is 14.7. The van der Waals surface area contributed by atoms with Crippen LogP contribution < -0.4 is 4.74 Å². The second-order valence-electron chi connectivity index (χ2n) is 4.64. The van der Waals surface area contributed by atoms with Crippen molar-refractivity contribution in [1.82, 2.24) is 9.55 Å². The van der Waals surface area contributed by atoms with E-state index in [1.54, 1.807) is 0 Å². The summed E-state index contributed by atoms with van der Waals surface area (Å²) in [6.45, 7) is 4.87. The molecule has 0 aliphatic carbocycles. The Labute approximate surface area is 128 Å². The van der Waals surface area contributed by atoms with Crippen molar-refractivity contribution in [3.05, 3.63) is 72.0 Å². The Kier molecular flexibility index (Phi) is 3.93. The van der Waals surface area contributed by atoms with Crippen molar-refractivity contribution < 1.29 is 4.74 Å². The molecule has 0 atom stereocenters. The van der Waals surface area contributed by atoms with Gasteiger partial charge in [0.05, 0.1) is 16.1 Å². The normalized spacial score (nSPS) is 10.7. The molecule has 4 heteroatoms. The summed E-state index contributed by atoms with van der Waals surface area (Å²) in [5.41, 5.74) is 2.03. The Morgan fingerprint density at radius 2 is 1.90 bits per heavy atom. The predicted octanol–water partition coefficient (Wildman–Crippen LogP) is 4.45. The average molecular weight is 299 g/mol. The van der Waals surface area contributed by atoms with Gasteiger partial charge in [0.2, 0.25) is 0 Å². The molecule has 0 aliphatic rings. The van der Waals surface area contributed by atoms with Crippen molar-refractivity contribution in [3.8, 4) is 5.75 Å². The standard InChI is InChI=1S/C17H15ClN2O/c1-2-11-20-15-9-5-4-8-14(15)19-17(20)12-21-16-10-6-3-7-13(16)18/h2-10H,1,11-12H2. The molecule has 0 fully saturated rings. The van der Waals surface area contributed by atoms with Crippen molar-refractivity contribution in [3.63, 3.8) is 0 Å². The summed E-state index contributed by atoms with van der Waals surface area (Å²) in [6.07, 6.45) is 1.85. The van der Waals surface area contributed by atoms with E-state index in [4.69, 9.17) is 16.3 Å². The van der Waals surface area contributed by atoms with Crippen LogP contribution in [0.15, 0.2) is 61.2 Å². The van der Waals surface area contributed by atoms with Gasteiger partial charge >= 0.3 is 0 Å². The molecule has 0 N–H and O–H groups in total. The van der Waals surface area contributed by atoms with Crippen molar-refractivity contribution in [1.29, 1.82) is 0 Å². The summed E-state index contributed by atoms with van der Waals surface area (Å²) >= 11 is 6.10. The second-order valence-corrected chi connectivity index (χ2v) is 5.04. The number of fused-ring (bicyclic) bond motifs is 1. The van der Waals surface area contributed by atoms with Gasteiger partial charge in [0.25, 0.3) is 0 Å². The van der Waals surface area contributed by atoms with Crippen LogP contribution in [0.25, 0.3) is 11.0 Å². The highest BCUT2D eigenvalue weighted by atomic mass is 35.5. The van der Waals surface area contributed by atoms with Crippen molar-refractivity contribution in [2.45, 2.75) is 13.2 Å². The maximum Gasteiger partial charge on any atom is 0.148 e. The van der Waals surface area contributed by atoms with Crippen molar-refractivity contribution >= 4 is 22.6 Å². The van der Waals surface area contributed by atoms with Crippen LogP contribution in [-0.4, -0.2) is 9.55 Å². The van der Waals surface area contributed by atoms with Gasteiger partial charge in [-0.1, -0.05) is 41.9 Å². The maximum atomic E-state index is 6.10. The van der Waals surface area contributed by atoms with Crippen LogP contribution in [0.3, 0.4) is 0 Å². The molecular weight excluding hydrogens is 284 g/mol. The van der Waals surface area contributed by atoms with Crippen LogP contribution in [0.5, 0.6) is 5.75 Å². The molecule has 0 saturated heterocycles. The van der Waals surface area contributed by atoms with E-state index in [9.17, 15) is 0 Å². The molecule has 1 heterocycles. The van der Waals surface area contributed by atoms with Crippen LogP contribution in [0, 0.1) is 0 Å². The van der Waals surface area contributed by atoms with E-state index in [-0.39, 0.29) is 0 Å². The van der Waals surface area contributed by atoms with E-state index in [1.807, 2.05) is 54.6 Å². The van der Waals surface area contributed by atoms with Crippen LogP contribution in [0.2, 0.25) is 5.02 Å². The Hall–Kier alpha value is -2.26. The molecule has 3 rings (SSSR count). The fourth-order valence-corrected chi connectivity index (χ4v) is 2.46. The number of benzene rings is 2. The van der Waals surface area contributed by atoms with Gasteiger partial charge < -0.3 is 9.30 Å². The van der Waals surface area contributed by atoms with E-state index in [0.717, 1.165) is 16.9 Å². The van der Waals surface area contributed by atoms with E-state index in [1.165, 1.54) is 0 Å². The van der Waals surface area contributed by atoms with E-state index in [2.05, 4.69) is 16.1 Å². The number of para-hydroxylation sites is 3. The minimum Gasteiger partial charge on any atom is -0.484 e. The Bertz CT molecular complexity index is 779. The molecule has 106 valence electrons. The lowest BCUT2D eigenvalue weighted by Gasteiger charge is -2.09. The van der Waals surface area contributed by atoms with Gasteiger partial charge in [-0.15, -0.1) is 6.58 Å². The Balaban J connectivity index is 1.91. The molecule has 21 heavy (non-hydrogen) atoms. The number of nitrogens with zero attached hydrogens (tertiary/aromatic N) is 2. The maximum absolute atomic E-state index is 6.10. The number of rotatable bonds is 5. The third-order valence-corrected chi connectivity index (χ3v) is 3.55. The summed E-state index contributed by atoms with van der Waals surface area (Å²) < 4.78 is 7.89. The number of ether oxygens (including phenoxy) is 1. The molecule has 0 aliphatic heterocycles.